The number of piperazine rings is 1. The Morgan fingerprint density at radius 3 is 2.10 bits per heavy atom. The summed E-state index contributed by atoms with van der Waals surface area (Å²) in [5.74, 6) is -1.53. The molecular weight excluding hydrogens is 274 g/mol. The molecule has 1 aliphatic heterocycles. The van der Waals surface area contributed by atoms with Crippen LogP contribution in [0.2, 0.25) is 0 Å². The monoisotopic (exact) mass is 296 g/mol. The highest BCUT2D eigenvalue weighted by molar-refractivity contribution is 5.79. The number of benzene rings is 1. The van der Waals surface area contributed by atoms with Gasteiger partial charge in [-0.2, -0.15) is 0 Å². The van der Waals surface area contributed by atoms with Gasteiger partial charge < -0.3 is 4.90 Å². The van der Waals surface area contributed by atoms with Gasteiger partial charge in [-0.1, -0.05) is 6.07 Å². The Bertz CT molecular complexity index is 497. The molecule has 0 atom stereocenters. The average molecular weight is 296 g/mol. The van der Waals surface area contributed by atoms with Crippen LogP contribution in [0.5, 0.6) is 0 Å². The summed E-state index contributed by atoms with van der Waals surface area (Å²) in [6, 6.07) is 3.67. The molecule has 1 saturated heterocycles. The van der Waals surface area contributed by atoms with E-state index in [-0.39, 0.29) is 23.4 Å². The van der Waals surface area contributed by atoms with Gasteiger partial charge in [-0.3, -0.25) is 9.69 Å². The summed E-state index contributed by atoms with van der Waals surface area (Å²) in [6.45, 7) is 9.19. The van der Waals surface area contributed by atoms with E-state index in [0.717, 1.165) is 13.1 Å². The van der Waals surface area contributed by atoms with Crippen LogP contribution in [0, 0.1) is 11.6 Å². The first-order valence-electron chi connectivity index (χ1n) is 7.25. The first-order chi connectivity index (χ1) is 9.79. The highest BCUT2D eigenvalue weighted by Gasteiger charge is 2.28. The van der Waals surface area contributed by atoms with Gasteiger partial charge in [0, 0.05) is 37.3 Å². The van der Waals surface area contributed by atoms with E-state index >= 15 is 0 Å². The number of carbonyl (C=O) groups excluding carboxylic acids is 1. The number of hydrogen-bond acceptors (Lipinski definition) is 2. The number of nitrogens with zero attached hydrogens (tertiary/aromatic N) is 2. The lowest BCUT2D eigenvalue weighted by Gasteiger charge is -2.42. The smallest absolute Gasteiger partial charge is 0.227 e. The van der Waals surface area contributed by atoms with Crippen LogP contribution in [-0.2, 0) is 11.2 Å². The van der Waals surface area contributed by atoms with Gasteiger partial charge >= 0.3 is 0 Å². The van der Waals surface area contributed by atoms with Gasteiger partial charge in [-0.15, -0.1) is 0 Å². The third kappa shape index (κ3) is 3.79. The van der Waals surface area contributed by atoms with Crippen molar-refractivity contribution in [1.82, 2.24) is 9.80 Å². The highest BCUT2D eigenvalue weighted by Crippen LogP contribution is 2.18. The van der Waals surface area contributed by atoms with Crippen molar-refractivity contribution in [2.24, 2.45) is 0 Å². The van der Waals surface area contributed by atoms with Crippen LogP contribution in [-0.4, -0.2) is 47.4 Å². The van der Waals surface area contributed by atoms with Crippen LogP contribution < -0.4 is 0 Å². The van der Waals surface area contributed by atoms with E-state index in [1.165, 1.54) is 18.2 Å². The van der Waals surface area contributed by atoms with Crippen LogP contribution in [0.25, 0.3) is 0 Å². The summed E-state index contributed by atoms with van der Waals surface area (Å²) < 4.78 is 27.2. The fourth-order valence-electron chi connectivity index (χ4n) is 2.59. The molecule has 0 aromatic heterocycles. The number of halogens is 2. The molecule has 0 N–H and O–H groups in total. The van der Waals surface area contributed by atoms with Crippen LogP contribution in [0.4, 0.5) is 8.78 Å². The molecule has 0 saturated carbocycles. The molecule has 0 spiro atoms. The lowest BCUT2D eigenvalue weighted by Crippen LogP contribution is -2.54. The Hall–Kier alpha value is -1.49. The van der Waals surface area contributed by atoms with Crippen LogP contribution in [0.1, 0.15) is 26.3 Å². The van der Waals surface area contributed by atoms with Gasteiger partial charge in [-0.05, 0) is 32.9 Å². The summed E-state index contributed by atoms with van der Waals surface area (Å²) in [5.41, 5.74) is -0.0620. The second-order valence-corrected chi connectivity index (χ2v) is 6.42. The van der Waals surface area contributed by atoms with E-state index in [4.69, 9.17) is 0 Å². The van der Waals surface area contributed by atoms with Crippen molar-refractivity contribution in [3.05, 3.63) is 35.4 Å². The minimum absolute atomic E-state index is 0.0762. The fourth-order valence-corrected chi connectivity index (χ4v) is 2.59. The number of carbonyl (C=O) groups is 1. The molecule has 1 fully saturated rings. The summed E-state index contributed by atoms with van der Waals surface area (Å²) >= 11 is 0. The summed E-state index contributed by atoms with van der Waals surface area (Å²) in [6.07, 6.45) is -0.214. The third-order valence-corrected chi connectivity index (χ3v) is 3.97. The van der Waals surface area contributed by atoms with Crippen molar-refractivity contribution in [2.75, 3.05) is 26.2 Å². The van der Waals surface area contributed by atoms with Gasteiger partial charge in [-0.25, -0.2) is 8.78 Å². The molecule has 1 aliphatic rings. The normalized spacial score (nSPS) is 17.1. The topological polar surface area (TPSA) is 23.6 Å². The van der Waals surface area contributed by atoms with Crippen molar-refractivity contribution in [2.45, 2.75) is 32.7 Å². The van der Waals surface area contributed by atoms with Crippen LogP contribution in [0.3, 0.4) is 0 Å². The van der Waals surface area contributed by atoms with E-state index in [0.29, 0.717) is 13.1 Å². The van der Waals surface area contributed by atoms with E-state index in [9.17, 15) is 13.6 Å². The quantitative estimate of drug-likeness (QED) is 0.837. The molecule has 0 bridgehead atoms. The highest BCUT2D eigenvalue weighted by atomic mass is 19.1. The molecule has 1 aromatic carbocycles. The lowest BCUT2D eigenvalue weighted by molar-refractivity contribution is -0.133. The van der Waals surface area contributed by atoms with Gasteiger partial charge in [0.15, 0.2) is 0 Å². The Morgan fingerprint density at radius 2 is 1.62 bits per heavy atom. The number of amides is 1. The number of hydrogen-bond donors (Lipinski definition) is 0. The zero-order valence-electron chi connectivity index (χ0n) is 12.8. The predicted octanol–water partition coefficient (Wildman–Crippen LogP) is 2.45. The maximum Gasteiger partial charge on any atom is 0.227 e. The Morgan fingerprint density at radius 1 is 1.10 bits per heavy atom. The molecule has 116 valence electrons. The summed E-state index contributed by atoms with van der Waals surface area (Å²) in [4.78, 5) is 16.2. The zero-order chi connectivity index (χ0) is 15.6. The van der Waals surface area contributed by atoms with Crippen molar-refractivity contribution in [1.29, 1.82) is 0 Å². The van der Waals surface area contributed by atoms with Crippen molar-refractivity contribution < 1.29 is 13.6 Å². The Kier molecular flexibility index (Phi) is 4.61. The van der Waals surface area contributed by atoms with Gasteiger partial charge in [0.05, 0.1) is 6.42 Å². The molecule has 1 aromatic rings. The lowest BCUT2D eigenvalue weighted by atomic mass is 10.0. The molecular formula is C16H22F2N2O. The first-order valence-corrected chi connectivity index (χ1v) is 7.25. The first kappa shape index (κ1) is 15.9. The molecule has 0 unspecified atom stereocenters. The third-order valence-electron chi connectivity index (χ3n) is 3.97. The minimum Gasteiger partial charge on any atom is -0.340 e. The maximum absolute atomic E-state index is 13.6. The second kappa shape index (κ2) is 6.10. The van der Waals surface area contributed by atoms with Crippen LogP contribution in [0.15, 0.2) is 18.2 Å². The molecule has 1 amide bonds. The molecule has 3 nitrogen and oxygen atoms in total. The average Bonchev–Trinajstić information content (AvgIpc) is 2.42. The van der Waals surface area contributed by atoms with E-state index < -0.39 is 11.6 Å². The molecule has 0 radical (unpaired) electrons. The maximum atomic E-state index is 13.6. The van der Waals surface area contributed by atoms with Crippen molar-refractivity contribution >= 4 is 5.91 Å². The van der Waals surface area contributed by atoms with Gasteiger partial charge in [0.25, 0.3) is 0 Å². The van der Waals surface area contributed by atoms with Crippen molar-refractivity contribution in [3.8, 4) is 0 Å². The fraction of sp³-hybridized carbons (Fsp3) is 0.562. The Labute approximate surface area is 124 Å². The molecule has 5 heteroatoms. The minimum atomic E-state index is -0.656. The molecule has 0 aliphatic carbocycles. The molecule has 21 heavy (non-hydrogen) atoms. The van der Waals surface area contributed by atoms with Crippen molar-refractivity contribution in [3.63, 3.8) is 0 Å². The number of rotatable bonds is 2. The van der Waals surface area contributed by atoms with Gasteiger partial charge in [0.2, 0.25) is 5.91 Å². The summed E-state index contributed by atoms with van der Waals surface area (Å²) in [7, 11) is 0. The molecule has 1 heterocycles. The second-order valence-electron chi connectivity index (χ2n) is 6.42. The SMILES string of the molecule is CC(C)(C)N1CCN(C(=O)Cc2c(F)cccc2F)CC1. The van der Waals surface area contributed by atoms with E-state index in [2.05, 4.69) is 25.7 Å². The van der Waals surface area contributed by atoms with Gasteiger partial charge in [0.1, 0.15) is 11.6 Å². The van der Waals surface area contributed by atoms with E-state index in [1.807, 2.05) is 0 Å². The molecule has 2 rings (SSSR count). The zero-order valence-corrected chi connectivity index (χ0v) is 12.8. The standard InChI is InChI=1S/C16H22F2N2O/c1-16(2,3)20-9-7-19(8-10-20)15(21)11-12-13(17)5-4-6-14(12)18/h4-6H,7-11H2,1-3H3. The summed E-state index contributed by atoms with van der Waals surface area (Å²) in [5, 5.41) is 0. The van der Waals surface area contributed by atoms with Crippen LogP contribution >= 0.6 is 0 Å². The predicted molar refractivity (Wildman–Crippen MR) is 78.0 cm³/mol. The Balaban J connectivity index is 1.97. The largest absolute Gasteiger partial charge is 0.340 e. The van der Waals surface area contributed by atoms with E-state index in [1.54, 1.807) is 4.90 Å².